The molecule has 1 saturated heterocycles. The fourth-order valence-corrected chi connectivity index (χ4v) is 3.27. The molecule has 0 amide bonds. The number of nitrogens with one attached hydrogen (secondary N) is 1. The number of ether oxygens (including phenoxy) is 1. The van der Waals surface area contributed by atoms with Gasteiger partial charge >= 0.3 is 0 Å². The Morgan fingerprint density at radius 3 is 2.79 bits per heavy atom. The monoisotopic (exact) mass is 346 g/mol. The molecule has 24 heavy (non-hydrogen) atoms. The summed E-state index contributed by atoms with van der Waals surface area (Å²) in [5, 5.41) is 13.5. The zero-order chi connectivity index (χ0) is 16.9. The Hall–Kier alpha value is -1.75. The van der Waals surface area contributed by atoms with Crippen LogP contribution in [0.5, 0.6) is 5.75 Å². The van der Waals surface area contributed by atoms with Crippen LogP contribution in [0.2, 0.25) is 5.02 Å². The molecule has 4 nitrogen and oxygen atoms in total. The number of anilines is 1. The number of aliphatic hydroxyl groups is 1. The Balaban J connectivity index is 1.83. The second kappa shape index (κ2) is 7.88. The lowest BCUT2D eigenvalue weighted by atomic mass is 10.0. The molecule has 1 aliphatic rings. The van der Waals surface area contributed by atoms with Crippen molar-refractivity contribution in [3.63, 3.8) is 0 Å². The van der Waals surface area contributed by atoms with E-state index in [-0.39, 0.29) is 12.6 Å². The van der Waals surface area contributed by atoms with Crippen molar-refractivity contribution in [3.8, 4) is 5.75 Å². The molecule has 2 aromatic carbocycles. The van der Waals surface area contributed by atoms with E-state index in [4.69, 9.17) is 16.3 Å². The normalized spacial score (nSPS) is 19.1. The van der Waals surface area contributed by atoms with Crippen molar-refractivity contribution in [2.75, 3.05) is 31.1 Å². The molecule has 3 rings (SSSR count). The van der Waals surface area contributed by atoms with Crippen LogP contribution in [0.15, 0.2) is 48.5 Å². The fraction of sp³-hybridized carbons (Fsp3) is 0.368. The molecule has 5 heteroatoms. The van der Waals surface area contributed by atoms with Gasteiger partial charge in [0.05, 0.1) is 22.9 Å². The smallest absolute Gasteiger partial charge is 0.121 e. The Kier molecular flexibility index (Phi) is 5.61. The lowest BCUT2D eigenvalue weighted by Gasteiger charge is -2.38. The van der Waals surface area contributed by atoms with E-state index in [1.54, 1.807) is 6.92 Å². The van der Waals surface area contributed by atoms with E-state index in [1.807, 2.05) is 24.3 Å². The average Bonchev–Trinajstić information content (AvgIpc) is 2.61. The van der Waals surface area contributed by atoms with Crippen LogP contribution in [0.4, 0.5) is 5.69 Å². The van der Waals surface area contributed by atoms with Crippen LogP contribution in [0.1, 0.15) is 18.5 Å². The lowest BCUT2D eigenvalue weighted by molar-refractivity contribution is 0.123. The van der Waals surface area contributed by atoms with E-state index in [1.165, 1.54) is 5.56 Å². The largest absolute Gasteiger partial charge is 0.491 e. The number of nitrogens with zero attached hydrogens (tertiary/aromatic N) is 1. The van der Waals surface area contributed by atoms with Crippen LogP contribution < -0.4 is 15.0 Å². The molecule has 1 unspecified atom stereocenters. The van der Waals surface area contributed by atoms with E-state index < -0.39 is 6.10 Å². The fourth-order valence-electron chi connectivity index (χ4n) is 2.99. The first-order valence-corrected chi connectivity index (χ1v) is 8.65. The number of piperazine rings is 1. The summed E-state index contributed by atoms with van der Waals surface area (Å²) in [5.41, 5.74) is 2.28. The number of rotatable bonds is 5. The van der Waals surface area contributed by atoms with Gasteiger partial charge in [0.15, 0.2) is 0 Å². The van der Waals surface area contributed by atoms with Crippen molar-refractivity contribution >= 4 is 17.3 Å². The zero-order valence-electron chi connectivity index (χ0n) is 13.8. The third kappa shape index (κ3) is 4.01. The minimum Gasteiger partial charge on any atom is -0.491 e. The highest BCUT2D eigenvalue weighted by atomic mass is 35.5. The van der Waals surface area contributed by atoms with Gasteiger partial charge in [0.25, 0.3) is 0 Å². The van der Waals surface area contributed by atoms with E-state index >= 15 is 0 Å². The van der Waals surface area contributed by atoms with Gasteiger partial charge in [-0.3, -0.25) is 0 Å². The molecular weight excluding hydrogens is 324 g/mol. The van der Waals surface area contributed by atoms with Gasteiger partial charge in [-0.1, -0.05) is 41.9 Å². The predicted molar refractivity (Wildman–Crippen MR) is 98.0 cm³/mol. The summed E-state index contributed by atoms with van der Waals surface area (Å²) < 4.78 is 5.54. The summed E-state index contributed by atoms with van der Waals surface area (Å²) in [6, 6.07) is 16.5. The molecule has 1 heterocycles. The maximum absolute atomic E-state index is 9.33. The molecule has 1 aliphatic heterocycles. The number of benzene rings is 2. The molecule has 2 atom stereocenters. The average molecular weight is 347 g/mol. The number of aliphatic hydroxyl groups excluding tert-OH is 1. The lowest BCUT2D eigenvalue weighted by Crippen LogP contribution is -2.46. The van der Waals surface area contributed by atoms with Crippen molar-refractivity contribution in [2.45, 2.75) is 19.1 Å². The van der Waals surface area contributed by atoms with Gasteiger partial charge in [0.2, 0.25) is 0 Å². The number of hydrogen-bond donors (Lipinski definition) is 2. The molecule has 2 aromatic rings. The maximum Gasteiger partial charge on any atom is 0.121 e. The summed E-state index contributed by atoms with van der Waals surface area (Å²) in [7, 11) is 0. The van der Waals surface area contributed by atoms with Crippen LogP contribution in [0.25, 0.3) is 0 Å². The first kappa shape index (κ1) is 17.1. The Labute approximate surface area is 148 Å². The van der Waals surface area contributed by atoms with Gasteiger partial charge in [0.1, 0.15) is 12.4 Å². The summed E-state index contributed by atoms with van der Waals surface area (Å²) in [5.74, 6) is 0.677. The zero-order valence-corrected chi connectivity index (χ0v) is 14.5. The highest BCUT2D eigenvalue weighted by molar-refractivity contribution is 6.33. The first-order chi connectivity index (χ1) is 11.6. The molecule has 0 aliphatic carbocycles. The van der Waals surface area contributed by atoms with Gasteiger partial charge in [-0.15, -0.1) is 0 Å². The molecule has 0 aromatic heterocycles. The van der Waals surface area contributed by atoms with Crippen molar-refractivity contribution < 1.29 is 9.84 Å². The second-order valence-corrected chi connectivity index (χ2v) is 6.50. The van der Waals surface area contributed by atoms with Crippen molar-refractivity contribution in [1.29, 1.82) is 0 Å². The second-order valence-electron chi connectivity index (χ2n) is 6.10. The van der Waals surface area contributed by atoms with Crippen molar-refractivity contribution in [3.05, 3.63) is 59.1 Å². The van der Waals surface area contributed by atoms with Gasteiger partial charge in [0, 0.05) is 25.7 Å². The van der Waals surface area contributed by atoms with Gasteiger partial charge in [-0.05, 0) is 24.6 Å². The Morgan fingerprint density at radius 1 is 1.29 bits per heavy atom. The van der Waals surface area contributed by atoms with E-state index in [0.29, 0.717) is 10.8 Å². The SMILES string of the molecule is C[C@@H](O)COc1ccc(N2CCNCC2c2ccccc2)c(Cl)c1. The van der Waals surface area contributed by atoms with Gasteiger partial charge in [-0.25, -0.2) is 0 Å². The molecular formula is C19H23ClN2O2. The van der Waals surface area contributed by atoms with E-state index in [2.05, 4.69) is 34.5 Å². The first-order valence-electron chi connectivity index (χ1n) is 8.28. The summed E-state index contributed by atoms with van der Waals surface area (Å²) in [6.07, 6.45) is -0.501. The van der Waals surface area contributed by atoms with Gasteiger partial charge < -0.3 is 20.1 Å². The van der Waals surface area contributed by atoms with Gasteiger partial charge in [-0.2, -0.15) is 0 Å². The minimum atomic E-state index is -0.501. The summed E-state index contributed by atoms with van der Waals surface area (Å²) >= 11 is 6.53. The molecule has 2 N–H and O–H groups in total. The molecule has 0 spiro atoms. The third-order valence-corrected chi connectivity index (χ3v) is 4.45. The third-order valence-electron chi connectivity index (χ3n) is 4.15. The van der Waals surface area contributed by atoms with Crippen molar-refractivity contribution in [2.24, 2.45) is 0 Å². The number of halogens is 1. The maximum atomic E-state index is 9.33. The molecule has 0 bridgehead atoms. The van der Waals surface area contributed by atoms with Crippen LogP contribution >= 0.6 is 11.6 Å². The molecule has 1 fully saturated rings. The van der Waals surface area contributed by atoms with Crippen LogP contribution in [-0.2, 0) is 0 Å². The van der Waals surface area contributed by atoms with Crippen LogP contribution in [0.3, 0.4) is 0 Å². The summed E-state index contributed by atoms with van der Waals surface area (Å²) in [6.45, 7) is 4.67. The van der Waals surface area contributed by atoms with Crippen LogP contribution in [0, 0.1) is 0 Å². The highest BCUT2D eigenvalue weighted by Crippen LogP contribution is 2.35. The van der Waals surface area contributed by atoms with E-state index in [0.717, 1.165) is 25.3 Å². The highest BCUT2D eigenvalue weighted by Gasteiger charge is 2.25. The Morgan fingerprint density at radius 2 is 2.08 bits per heavy atom. The molecule has 128 valence electrons. The molecule has 0 saturated carbocycles. The number of hydrogen-bond acceptors (Lipinski definition) is 4. The predicted octanol–water partition coefficient (Wildman–Crippen LogP) is 3.25. The topological polar surface area (TPSA) is 44.7 Å². The molecule has 0 radical (unpaired) electrons. The standard InChI is InChI=1S/C19H23ClN2O2/c1-14(23)13-24-16-7-8-18(17(20)11-16)22-10-9-21-12-19(22)15-5-3-2-4-6-15/h2-8,11,14,19,21,23H,9-10,12-13H2,1H3/t14-,19?/m1/s1. The van der Waals surface area contributed by atoms with Crippen LogP contribution in [-0.4, -0.2) is 37.5 Å². The quantitative estimate of drug-likeness (QED) is 0.872. The minimum absolute atomic E-state index is 0.252. The van der Waals surface area contributed by atoms with Crippen molar-refractivity contribution in [1.82, 2.24) is 5.32 Å². The Bertz CT molecular complexity index is 664. The van der Waals surface area contributed by atoms with E-state index in [9.17, 15) is 5.11 Å². The summed E-state index contributed by atoms with van der Waals surface area (Å²) in [4.78, 5) is 2.34.